The monoisotopic (exact) mass is 372 g/mol. The summed E-state index contributed by atoms with van der Waals surface area (Å²) in [7, 11) is 0. The SMILES string of the molecule is CCN(CC)CCSc1nnc2c3c(cnn12)Sc1ccccc1N3. The lowest BCUT2D eigenvalue weighted by Crippen LogP contribution is -2.25. The van der Waals surface area contributed by atoms with Gasteiger partial charge in [-0.2, -0.15) is 9.61 Å². The summed E-state index contributed by atoms with van der Waals surface area (Å²) in [5.74, 6) is 0.978. The van der Waals surface area contributed by atoms with Crippen LogP contribution in [0.5, 0.6) is 0 Å². The van der Waals surface area contributed by atoms with E-state index in [4.69, 9.17) is 0 Å². The summed E-state index contributed by atoms with van der Waals surface area (Å²) in [4.78, 5) is 4.69. The lowest BCUT2D eigenvalue weighted by molar-refractivity contribution is 0.324. The maximum Gasteiger partial charge on any atom is 0.212 e. The molecule has 3 aromatic rings. The molecule has 2 aromatic heterocycles. The van der Waals surface area contributed by atoms with E-state index in [1.807, 2.05) is 22.8 Å². The van der Waals surface area contributed by atoms with Gasteiger partial charge in [0.1, 0.15) is 5.69 Å². The van der Waals surface area contributed by atoms with Crippen LogP contribution in [-0.4, -0.2) is 50.1 Å². The Kier molecular flexibility index (Phi) is 4.82. The van der Waals surface area contributed by atoms with Crippen LogP contribution in [0.2, 0.25) is 0 Å². The van der Waals surface area contributed by atoms with Crippen LogP contribution in [0.25, 0.3) is 5.65 Å². The van der Waals surface area contributed by atoms with Crippen LogP contribution < -0.4 is 5.32 Å². The number of rotatable bonds is 6. The zero-order valence-electron chi connectivity index (χ0n) is 14.3. The largest absolute Gasteiger partial charge is 0.350 e. The molecule has 0 unspecified atom stereocenters. The molecule has 0 aliphatic carbocycles. The van der Waals surface area contributed by atoms with Crippen molar-refractivity contribution in [1.82, 2.24) is 24.7 Å². The number of benzene rings is 1. The molecule has 0 bridgehead atoms. The topological polar surface area (TPSA) is 58.4 Å². The molecule has 0 fully saturated rings. The zero-order valence-corrected chi connectivity index (χ0v) is 15.9. The van der Waals surface area contributed by atoms with E-state index in [0.717, 1.165) is 52.5 Å². The van der Waals surface area contributed by atoms with Gasteiger partial charge in [0.15, 0.2) is 0 Å². The van der Waals surface area contributed by atoms with Crippen LogP contribution in [0, 0.1) is 0 Å². The summed E-state index contributed by atoms with van der Waals surface area (Å²) >= 11 is 3.42. The molecule has 0 amide bonds. The highest BCUT2D eigenvalue weighted by Gasteiger charge is 2.21. The minimum atomic E-state index is 0.782. The van der Waals surface area contributed by atoms with Crippen molar-refractivity contribution >= 4 is 40.5 Å². The molecule has 8 heteroatoms. The number of thioether (sulfide) groups is 1. The zero-order chi connectivity index (χ0) is 17.2. The number of anilines is 2. The molecule has 4 rings (SSSR count). The van der Waals surface area contributed by atoms with Crippen LogP contribution in [0.4, 0.5) is 11.4 Å². The van der Waals surface area contributed by atoms with Crippen LogP contribution in [0.15, 0.2) is 45.4 Å². The van der Waals surface area contributed by atoms with Gasteiger partial charge in [0.2, 0.25) is 10.8 Å². The standard InChI is InChI=1S/C17H20N6S2/c1-3-22(4-2)9-10-24-17-21-20-16-15-14(11-18-23(16)17)25-13-8-6-5-7-12(13)19-15/h5-8,11,19H,3-4,9-10H2,1-2H3. The second-order valence-electron chi connectivity index (χ2n) is 5.70. The van der Waals surface area contributed by atoms with Gasteiger partial charge in [-0.1, -0.05) is 49.5 Å². The molecule has 0 saturated carbocycles. The second-order valence-corrected chi connectivity index (χ2v) is 7.85. The van der Waals surface area contributed by atoms with Gasteiger partial charge in [0.25, 0.3) is 0 Å². The second kappa shape index (κ2) is 7.23. The quantitative estimate of drug-likeness (QED) is 0.517. The van der Waals surface area contributed by atoms with E-state index in [1.165, 1.54) is 4.90 Å². The molecule has 1 aliphatic rings. The van der Waals surface area contributed by atoms with Gasteiger partial charge in [-0.05, 0) is 25.2 Å². The Morgan fingerprint density at radius 1 is 1.16 bits per heavy atom. The fraction of sp³-hybridized carbons (Fsp3) is 0.353. The van der Waals surface area contributed by atoms with Crippen molar-refractivity contribution in [2.45, 2.75) is 28.8 Å². The number of hydrogen-bond acceptors (Lipinski definition) is 7. The molecular weight excluding hydrogens is 352 g/mol. The lowest BCUT2D eigenvalue weighted by Gasteiger charge is -2.20. The smallest absolute Gasteiger partial charge is 0.212 e. The van der Waals surface area contributed by atoms with Gasteiger partial charge < -0.3 is 10.2 Å². The van der Waals surface area contributed by atoms with E-state index < -0.39 is 0 Å². The normalized spacial score (nSPS) is 12.9. The van der Waals surface area contributed by atoms with Crippen molar-refractivity contribution < 1.29 is 0 Å². The molecule has 0 saturated heterocycles. The number of hydrogen-bond donors (Lipinski definition) is 1. The molecule has 130 valence electrons. The number of nitrogens with one attached hydrogen (secondary N) is 1. The van der Waals surface area contributed by atoms with Crippen molar-refractivity contribution in [3.63, 3.8) is 0 Å². The van der Waals surface area contributed by atoms with Crippen molar-refractivity contribution in [3.05, 3.63) is 30.5 Å². The van der Waals surface area contributed by atoms with E-state index in [2.05, 4.69) is 51.5 Å². The minimum Gasteiger partial charge on any atom is -0.350 e. The summed E-state index contributed by atoms with van der Waals surface area (Å²) in [6.07, 6.45) is 1.90. The summed E-state index contributed by atoms with van der Waals surface area (Å²) in [5.41, 5.74) is 2.87. The number of aromatic nitrogens is 4. The Morgan fingerprint density at radius 3 is 2.84 bits per heavy atom. The predicted octanol–water partition coefficient (Wildman–Crippen LogP) is 3.77. The first-order valence-corrected chi connectivity index (χ1v) is 10.2. The highest BCUT2D eigenvalue weighted by atomic mass is 32.2. The van der Waals surface area contributed by atoms with Gasteiger partial charge in [0, 0.05) is 17.2 Å². The Balaban J connectivity index is 1.58. The maximum atomic E-state index is 4.56. The number of fused-ring (bicyclic) bond motifs is 4. The first-order chi connectivity index (χ1) is 12.3. The van der Waals surface area contributed by atoms with Crippen molar-refractivity contribution in [2.75, 3.05) is 30.7 Å². The summed E-state index contributed by atoms with van der Waals surface area (Å²) in [5, 5.41) is 17.6. The van der Waals surface area contributed by atoms with Crippen molar-refractivity contribution in [3.8, 4) is 0 Å². The summed E-state index contributed by atoms with van der Waals surface area (Å²) in [6.45, 7) is 7.57. The molecule has 1 aromatic carbocycles. The Morgan fingerprint density at radius 2 is 2.00 bits per heavy atom. The third kappa shape index (κ3) is 3.21. The molecular formula is C17H20N6S2. The van der Waals surface area contributed by atoms with Crippen molar-refractivity contribution in [2.24, 2.45) is 0 Å². The van der Waals surface area contributed by atoms with Gasteiger partial charge >= 0.3 is 0 Å². The molecule has 0 radical (unpaired) electrons. The van der Waals surface area contributed by atoms with Gasteiger partial charge in [-0.3, -0.25) is 0 Å². The van der Waals surface area contributed by atoms with Gasteiger partial charge in [-0.25, -0.2) is 0 Å². The predicted molar refractivity (Wildman–Crippen MR) is 103 cm³/mol. The van der Waals surface area contributed by atoms with Crippen molar-refractivity contribution in [1.29, 1.82) is 0 Å². The van der Waals surface area contributed by atoms with Crippen LogP contribution in [0.1, 0.15) is 13.8 Å². The molecule has 0 spiro atoms. The first kappa shape index (κ1) is 16.7. The Bertz CT molecular complexity index is 890. The Labute approximate surface area is 155 Å². The van der Waals surface area contributed by atoms with E-state index >= 15 is 0 Å². The fourth-order valence-corrected chi connectivity index (χ4v) is 4.66. The number of nitrogens with zero attached hydrogens (tertiary/aromatic N) is 5. The van der Waals surface area contributed by atoms with E-state index in [-0.39, 0.29) is 0 Å². The van der Waals surface area contributed by atoms with E-state index in [9.17, 15) is 0 Å². The van der Waals surface area contributed by atoms with Gasteiger partial charge in [0.05, 0.1) is 16.8 Å². The van der Waals surface area contributed by atoms with Gasteiger partial charge in [-0.15, -0.1) is 10.2 Å². The highest BCUT2D eigenvalue weighted by Crippen LogP contribution is 2.44. The maximum absolute atomic E-state index is 4.56. The highest BCUT2D eigenvalue weighted by molar-refractivity contribution is 7.99. The molecule has 1 N–H and O–H groups in total. The van der Waals surface area contributed by atoms with Crippen LogP contribution in [0.3, 0.4) is 0 Å². The van der Waals surface area contributed by atoms with Crippen LogP contribution in [-0.2, 0) is 0 Å². The molecule has 0 atom stereocenters. The molecule has 1 aliphatic heterocycles. The van der Waals surface area contributed by atoms with Crippen LogP contribution >= 0.6 is 23.5 Å². The van der Waals surface area contributed by atoms with E-state index in [0.29, 0.717) is 0 Å². The summed E-state index contributed by atoms with van der Waals surface area (Å²) < 4.78 is 1.84. The number of para-hydroxylation sites is 1. The minimum absolute atomic E-state index is 0.782. The van der Waals surface area contributed by atoms with E-state index in [1.54, 1.807) is 23.5 Å². The third-order valence-corrected chi connectivity index (χ3v) is 6.28. The molecule has 25 heavy (non-hydrogen) atoms. The lowest BCUT2D eigenvalue weighted by atomic mass is 10.3. The Hall–Kier alpha value is -1.77. The fourth-order valence-electron chi connectivity index (χ4n) is 2.81. The first-order valence-electron chi connectivity index (χ1n) is 8.43. The molecule has 6 nitrogen and oxygen atoms in total. The average Bonchev–Trinajstić information content (AvgIpc) is 3.07. The third-order valence-electron chi connectivity index (χ3n) is 4.27. The summed E-state index contributed by atoms with van der Waals surface area (Å²) in [6, 6.07) is 8.27. The average molecular weight is 373 g/mol. The molecule has 3 heterocycles.